The Hall–Kier alpha value is -11.2. The molecule has 23 heteroatoms. The summed E-state index contributed by atoms with van der Waals surface area (Å²) >= 11 is 0. The predicted octanol–water partition coefficient (Wildman–Crippen LogP) is 13.8. The van der Waals surface area contributed by atoms with Crippen molar-refractivity contribution in [1.82, 2.24) is 0 Å². The number of rotatable bonds is 29. The van der Waals surface area contributed by atoms with Crippen molar-refractivity contribution >= 4 is 93.8 Å². The zero-order chi connectivity index (χ0) is 77.4. The number of fused-ring (bicyclic) bond motifs is 12. The standard InChI is InChI=1S/C52H53N5O8.C18H29NO5.C17H14N2O2/c1-5-18-63-19-17-55(16-10-15-50(58)62-4)38-22-34(31-64-47-27-43-41(20-33(47)2)51(59)56-39(29-53-43)24-36-11-6-8-13-45(36)56)21-35(23-38)32-65-49-28-44-42(26-48(49)61-3)52(60)57-40(30-54-44)25-37-12-7-9-14-46(37)57;1-3-8-24-9-7-19(6-4-5-18(22)23-2)17-11-15(13-20)10-16(12-17)14-21;1-10-6-13-14(8-16(10)20)18-9-12-7-11-4-2-3-5-15(11)19(12)17(13)21/h6-9,11-14,20-23,26-30,39-40H,5,10,15-19,24-25,31-32H2,1-4H3;10-12,20-21H,3-9,13-14H2,1-2H3;2-6,8-9,12,20H,7H2,1H3/t39-,40-;;12-/m0.0/s1. The fourth-order valence-corrected chi connectivity index (χ4v) is 14.6. The van der Waals surface area contributed by atoms with Gasteiger partial charge in [-0.05, 0) is 156 Å². The van der Waals surface area contributed by atoms with E-state index in [4.69, 9.17) is 38.4 Å². The number of phenols is 1. The number of amides is 3. The number of aliphatic imine (C=N–C) groups is 3. The fraction of sp³-hybridized carbons (Fsp3) is 0.356. The number of nitrogens with zero attached hydrogens (tertiary/aromatic N) is 8. The Kier molecular flexibility index (Phi) is 26.2. The van der Waals surface area contributed by atoms with Gasteiger partial charge in [0, 0.05) is 137 Å². The van der Waals surface area contributed by atoms with Crippen LogP contribution in [0.4, 0.5) is 45.5 Å². The number of anilines is 5. The van der Waals surface area contributed by atoms with Gasteiger partial charge in [-0.15, -0.1) is 0 Å². The Morgan fingerprint density at radius 1 is 0.464 bits per heavy atom. The zero-order valence-electron chi connectivity index (χ0n) is 63.5. The van der Waals surface area contributed by atoms with Crippen molar-refractivity contribution in [3.8, 4) is 23.0 Å². The smallest absolute Gasteiger partial charge is 0.305 e. The molecule has 0 radical (unpaired) electrons. The molecule has 0 saturated carbocycles. The van der Waals surface area contributed by atoms with Crippen LogP contribution in [0.3, 0.4) is 0 Å². The average molecular weight is 1490 g/mol. The molecule has 574 valence electrons. The summed E-state index contributed by atoms with van der Waals surface area (Å²) in [5.74, 6) is 0.894. The van der Waals surface area contributed by atoms with Crippen LogP contribution in [0.1, 0.15) is 134 Å². The second-order valence-corrected chi connectivity index (χ2v) is 27.8. The predicted molar refractivity (Wildman–Crippen MR) is 426 cm³/mol. The molecular formula is C87H96N8O15. The topological polar surface area (TPSA) is 264 Å². The maximum Gasteiger partial charge on any atom is 0.305 e. The molecule has 0 spiro atoms. The van der Waals surface area contributed by atoms with Crippen molar-refractivity contribution in [3.05, 3.63) is 212 Å². The van der Waals surface area contributed by atoms with Gasteiger partial charge in [-0.1, -0.05) is 74.5 Å². The van der Waals surface area contributed by atoms with Crippen LogP contribution in [0.15, 0.2) is 161 Å². The number of esters is 2. The Bertz CT molecular complexity index is 4750. The summed E-state index contributed by atoms with van der Waals surface area (Å²) in [6.07, 6.45) is 11.5. The quantitative estimate of drug-likeness (QED) is 0.0290. The van der Waals surface area contributed by atoms with E-state index in [1.165, 1.54) is 19.8 Å². The van der Waals surface area contributed by atoms with Crippen molar-refractivity contribution in [1.29, 1.82) is 0 Å². The third kappa shape index (κ3) is 18.2. The third-order valence-electron chi connectivity index (χ3n) is 20.2. The monoisotopic (exact) mass is 1490 g/mol. The van der Waals surface area contributed by atoms with E-state index in [0.29, 0.717) is 135 Å². The molecule has 6 aliphatic rings. The number of phenolic OH excluding ortho intramolecular Hbond substituents is 1. The van der Waals surface area contributed by atoms with Crippen molar-refractivity contribution < 1.29 is 72.5 Å². The molecule has 0 aliphatic carbocycles. The van der Waals surface area contributed by atoms with Gasteiger partial charge < -0.3 is 58.3 Å². The first-order chi connectivity index (χ1) is 53.5. The molecule has 6 heterocycles. The molecule has 0 fully saturated rings. The lowest BCUT2D eigenvalue weighted by molar-refractivity contribution is -0.141. The number of methoxy groups -OCH3 is 3. The summed E-state index contributed by atoms with van der Waals surface area (Å²) in [5, 5.41) is 28.6. The van der Waals surface area contributed by atoms with Gasteiger partial charge in [0.15, 0.2) is 11.5 Å². The van der Waals surface area contributed by atoms with Gasteiger partial charge in [0.05, 0.1) is 99.6 Å². The van der Waals surface area contributed by atoms with E-state index >= 15 is 0 Å². The highest BCUT2D eigenvalue weighted by atomic mass is 16.5. The number of hydrogen-bond donors (Lipinski definition) is 3. The molecule has 23 nitrogen and oxygen atoms in total. The first-order valence-electron chi connectivity index (χ1n) is 37.6. The van der Waals surface area contributed by atoms with Crippen LogP contribution >= 0.6 is 0 Å². The van der Waals surface area contributed by atoms with E-state index in [0.717, 1.165) is 93.1 Å². The van der Waals surface area contributed by atoms with Crippen molar-refractivity contribution in [2.75, 3.05) is 98.4 Å². The molecule has 0 aromatic heterocycles. The number of aryl methyl sites for hydroxylation is 2. The molecule has 8 aromatic rings. The average Bonchev–Trinajstić information content (AvgIpc) is 1.62. The van der Waals surface area contributed by atoms with Gasteiger partial charge in [0.2, 0.25) is 0 Å². The van der Waals surface area contributed by atoms with Crippen LogP contribution < -0.4 is 38.7 Å². The molecule has 0 bridgehead atoms. The molecule has 8 aromatic carbocycles. The van der Waals surface area contributed by atoms with Crippen LogP contribution in [0.25, 0.3) is 0 Å². The molecule has 0 saturated heterocycles. The lowest BCUT2D eigenvalue weighted by Crippen LogP contribution is -2.37. The van der Waals surface area contributed by atoms with E-state index in [9.17, 15) is 39.3 Å². The highest BCUT2D eigenvalue weighted by molar-refractivity contribution is 6.17. The van der Waals surface area contributed by atoms with Crippen LogP contribution in [0.5, 0.6) is 23.0 Å². The number of para-hydroxylation sites is 3. The number of aliphatic hydroxyl groups excluding tert-OH is 2. The van der Waals surface area contributed by atoms with Gasteiger partial charge in [-0.25, -0.2) is 0 Å². The Morgan fingerprint density at radius 2 is 0.855 bits per heavy atom. The summed E-state index contributed by atoms with van der Waals surface area (Å²) in [4.78, 5) is 88.2. The van der Waals surface area contributed by atoms with Crippen LogP contribution in [0.2, 0.25) is 0 Å². The first kappa shape index (κ1) is 78.3. The summed E-state index contributed by atoms with van der Waals surface area (Å²) in [5.41, 5.74) is 15.9. The maximum absolute atomic E-state index is 14.1. The summed E-state index contributed by atoms with van der Waals surface area (Å²) in [7, 11) is 4.35. The van der Waals surface area contributed by atoms with E-state index in [2.05, 4.69) is 51.6 Å². The van der Waals surface area contributed by atoms with Crippen LogP contribution in [0, 0.1) is 13.8 Å². The second-order valence-electron chi connectivity index (χ2n) is 27.8. The minimum Gasteiger partial charge on any atom is -0.508 e. The molecular weight excluding hydrogens is 1400 g/mol. The summed E-state index contributed by atoms with van der Waals surface area (Å²) < 4.78 is 40.0. The van der Waals surface area contributed by atoms with Gasteiger partial charge in [0.1, 0.15) is 24.7 Å². The first-order valence-corrected chi connectivity index (χ1v) is 37.6. The normalized spacial score (nSPS) is 15.7. The number of hydrogen-bond acceptors (Lipinski definition) is 20. The second kappa shape index (κ2) is 36.8. The highest BCUT2D eigenvalue weighted by Gasteiger charge is 2.40. The third-order valence-corrected chi connectivity index (χ3v) is 20.2. The fourth-order valence-electron chi connectivity index (χ4n) is 14.6. The summed E-state index contributed by atoms with van der Waals surface area (Å²) in [6, 6.07) is 45.8. The molecule has 3 atom stereocenters. The minimum atomic E-state index is -0.262. The summed E-state index contributed by atoms with van der Waals surface area (Å²) in [6.45, 7) is 13.1. The lowest BCUT2D eigenvalue weighted by Gasteiger charge is -2.26. The molecule has 14 rings (SSSR count). The maximum atomic E-state index is 14.1. The van der Waals surface area contributed by atoms with E-state index in [-0.39, 0.29) is 86.4 Å². The SMILES string of the molecule is CCCOCCN(CCCC(=O)OC)c1cc(CO)cc(CO)c1.CCCOCCN(CCCC(=O)OC)c1cc(COc2cc3c(cc2C)C(=O)N2c4ccccc4C[C@H]2C=N3)cc(COc2cc3c(cc2OC)C(=O)N2c4ccccc4C[C@H]2C=N3)c1.Cc1cc2c(cc1O)N=C[C@@H]1Cc3ccccc3N1C2=O. The van der Waals surface area contributed by atoms with Gasteiger partial charge in [-0.3, -0.25) is 53.6 Å². The van der Waals surface area contributed by atoms with Crippen molar-refractivity contribution in [2.45, 2.75) is 130 Å². The van der Waals surface area contributed by atoms with Crippen molar-refractivity contribution in [3.63, 3.8) is 0 Å². The molecule has 0 unspecified atom stereocenters. The highest BCUT2D eigenvalue weighted by Crippen LogP contribution is 2.44. The Balaban J connectivity index is 0.000000202. The van der Waals surface area contributed by atoms with E-state index in [1.807, 2.05) is 126 Å². The Morgan fingerprint density at radius 3 is 1.28 bits per heavy atom. The number of aromatic hydroxyl groups is 1. The number of carbonyl (C=O) groups is 5. The van der Waals surface area contributed by atoms with E-state index < -0.39 is 0 Å². The van der Waals surface area contributed by atoms with Crippen molar-refractivity contribution in [2.24, 2.45) is 15.0 Å². The number of aliphatic hydroxyl groups is 2. The zero-order valence-corrected chi connectivity index (χ0v) is 63.5. The molecule has 6 aliphatic heterocycles. The van der Waals surface area contributed by atoms with Gasteiger partial charge in [-0.2, -0.15) is 0 Å². The van der Waals surface area contributed by atoms with Crippen LogP contribution in [-0.2, 0) is 74.2 Å². The largest absolute Gasteiger partial charge is 0.508 e. The number of benzene rings is 8. The van der Waals surface area contributed by atoms with Gasteiger partial charge in [0.25, 0.3) is 17.7 Å². The number of carbonyl (C=O) groups excluding carboxylic acids is 5. The lowest BCUT2D eigenvalue weighted by atomic mass is 10.1. The molecule has 3 N–H and O–H groups in total. The number of ether oxygens (including phenoxy) is 7. The van der Waals surface area contributed by atoms with E-state index in [1.54, 1.807) is 55.5 Å². The minimum absolute atomic E-state index is 0.0512. The van der Waals surface area contributed by atoms with Gasteiger partial charge >= 0.3 is 11.9 Å². The molecule has 110 heavy (non-hydrogen) atoms. The Labute approximate surface area is 642 Å². The molecule has 3 amide bonds. The van der Waals surface area contributed by atoms with Crippen LogP contribution in [-0.4, -0.2) is 156 Å².